The summed E-state index contributed by atoms with van der Waals surface area (Å²) in [6, 6.07) is 3.92. The first-order chi connectivity index (χ1) is 8.74. The largest absolute Gasteiger partial charge is 0.366 e. The van der Waals surface area contributed by atoms with Gasteiger partial charge in [0.2, 0.25) is 5.91 Å². The fourth-order valence-electron chi connectivity index (χ4n) is 2.34. The van der Waals surface area contributed by atoms with Gasteiger partial charge in [0.15, 0.2) is 0 Å². The van der Waals surface area contributed by atoms with Crippen molar-refractivity contribution in [1.82, 2.24) is 0 Å². The fourth-order valence-corrected chi connectivity index (χ4v) is 2.34. The second-order valence-corrected chi connectivity index (χ2v) is 4.22. The van der Waals surface area contributed by atoms with Crippen molar-refractivity contribution >= 4 is 12.0 Å². The van der Waals surface area contributed by atoms with Crippen LogP contribution in [0, 0.1) is 0 Å². The summed E-state index contributed by atoms with van der Waals surface area (Å²) in [6.45, 7) is 6.17. The van der Waals surface area contributed by atoms with E-state index in [-0.39, 0.29) is 5.91 Å². The first-order valence-electron chi connectivity index (χ1n) is 6.85. The molecule has 0 atom stereocenters. The Morgan fingerprint density at radius 1 is 1.33 bits per heavy atom. The summed E-state index contributed by atoms with van der Waals surface area (Å²) in [4.78, 5) is 11.3. The van der Waals surface area contributed by atoms with Crippen LogP contribution in [-0.4, -0.2) is 5.91 Å². The Balaban J connectivity index is 0.000000771. The summed E-state index contributed by atoms with van der Waals surface area (Å²) in [5, 5.41) is 0. The van der Waals surface area contributed by atoms with Crippen LogP contribution >= 0.6 is 0 Å². The van der Waals surface area contributed by atoms with Crippen molar-refractivity contribution in [3.63, 3.8) is 0 Å². The number of rotatable bonds is 3. The number of amides is 1. The highest BCUT2D eigenvalue weighted by Crippen LogP contribution is 2.27. The van der Waals surface area contributed by atoms with Gasteiger partial charge in [0.25, 0.3) is 0 Å². The Labute approximate surface area is 110 Å². The Kier molecular flexibility index (Phi) is 5.63. The predicted molar refractivity (Wildman–Crippen MR) is 77.7 cm³/mol. The average molecular weight is 245 g/mol. The molecule has 98 valence electrons. The molecule has 18 heavy (non-hydrogen) atoms. The van der Waals surface area contributed by atoms with Crippen LogP contribution in [0.1, 0.15) is 60.7 Å². The molecule has 1 aromatic rings. The van der Waals surface area contributed by atoms with Crippen molar-refractivity contribution in [3.05, 3.63) is 40.5 Å². The molecule has 0 fully saturated rings. The van der Waals surface area contributed by atoms with E-state index >= 15 is 0 Å². The molecule has 0 unspecified atom stereocenters. The van der Waals surface area contributed by atoms with Gasteiger partial charge in [0.1, 0.15) is 0 Å². The van der Waals surface area contributed by atoms with Crippen LogP contribution in [0.5, 0.6) is 0 Å². The third kappa shape index (κ3) is 3.00. The second-order valence-electron chi connectivity index (χ2n) is 4.22. The summed E-state index contributed by atoms with van der Waals surface area (Å²) in [5.41, 5.74) is 9.78. The van der Waals surface area contributed by atoms with E-state index in [9.17, 15) is 4.79 Å². The first-order valence-corrected chi connectivity index (χ1v) is 6.85. The predicted octanol–water partition coefficient (Wildman–Crippen LogP) is 3.72. The van der Waals surface area contributed by atoms with Gasteiger partial charge in [-0.25, -0.2) is 0 Å². The maximum atomic E-state index is 11.3. The molecule has 2 nitrogen and oxygen atoms in total. The molecule has 0 saturated heterocycles. The van der Waals surface area contributed by atoms with Crippen LogP contribution in [0.4, 0.5) is 0 Å². The Morgan fingerprint density at radius 3 is 2.67 bits per heavy atom. The zero-order chi connectivity index (χ0) is 13.5. The SMILES string of the molecule is CC.CCCc1ccc(C(N)=O)c2c1CCC=C2. The maximum Gasteiger partial charge on any atom is 0.249 e. The number of hydrogen-bond acceptors (Lipinski definition) is 1. The van der Waals surface area contributed by atoms with Crippen LogP contribution in [0.25, 0.3) is 6.08 Å². The molecule has 2 rings (SSSR count). The Hall–Kier alpha value is -1.57. The van der Waals surface area contributed by atoms with E-state index in [0.29, 0.717) is 5.56 Å². The fraction of sp³-hybridized carbons (Fsp3) is 0.438. The van der Waals surface area contributed by atoms with E-state index in [1.165, 1.54) is 11.1 Å². The zero-order valence-electron chi connectivity index (χ0n) is 11.6. The lowest BCUT2D eigenvalue weighted by Gasteiger charge is -2.17. The number of carbonyl (C=O) groups excluding carboxylic acids is 1. The standard InChI is InChI=1S/C14H17NO.C2H6/c1-2-5-10-8-9-13(14(15)16)12-7-4-3-6-11(10)12;1-2/h4,7-9H,2-3,5-6H2,1H3,(H2,15,16);1-2H3. The van der Waals surface area contributed by atoms with Crippen LogP contribution < -0.4 is 5.73 Å². The van der Waals surface area contributed by atoms with Crippen LogP contribution in [0.3, 0.4) is 0 Å². The molecule has 0 aromatic heterocycles. The molecule has 1 amide bonds. The minimum absolute atomic E-state index is 0.328. The monoisotopic (exact) mass is 245 g/mol. The van der Waals surface area contributed by atoms with E-state index in [0.717, 1.165) is 31.2 Å². The highest BCUT2D eigenvalue weighted by molar-refractivity contribution is 5.97. The van der Waals surface area contributed by atoms with Crippen molar-refractivity contribution < 1.29 is 4.79 Å². The number of hydrogen-bond donors (Lipinski definition) is 1. The van der Waals surface area contributed by atoms with E-state index in [2.05, 4.69) is 19.1 Å². The van der Waals surface area contributed by atoms with Crippen molar-refractivity contribution in [2.75, 3.05) is 0 Å². The highest BCUT2D eigenvalue weighted by atomic mass is 16.1. The van der Waals surface area contributed by atoms with Crippen LogP contribution in [0.2, 0.25) is 0 Å². The molecule has 0 aliphatic heterocycles. The zero-order valence-corrected chi connectivity index (χ0v) is 11.6. The molecule has 1 aliphatic rings. The molecule has 0 spiro atoms. The van der Waals surface area contributed by atoms with Gasteiger partial charge < -0.3 is 5.73 Å². The summed E-state index contributed by atoms with van der Waals surface area (Å²) >= 11 is 0. The van der Waals surface area contributed by atoms with Crippen LogP contribution in [0.15, 0.2) is 18.2 Å². The third-order valence-electron chi connectivity index (χ3n) is 3.08. The van der Waals surface area contributed by atoms with Crippen molar-refractivity contribution in [2.45, 2.75) is 46.5 Å². The van der Waals surface area contributed by atoms with Crippen molar-refractivity contribution in [3.8, 4) is 0 Å². The Morgan fingerprint density at radius 2 is 2.06 bits per heavy atom. The van der Waals surface area contributed by atoms with Gasteiger partial charge in [-0.1, -0.05) is 45.4 Å². The molecule has 0 saturated carbocycles. The molecule has 0 bridgehead atoms. The van der Waals surface area contributed by atoms with Crippen LogP contribution in [-0.2, 0) is 12.8 Å². The minimum atomic E-state index is -0.328. The molecule has 1 aliphatic carbocycles. The van der Waals surface area contributed by atoms with Gasteiger partial charge in [0, 0.05) is 5.56 Å². The molecular formula is C16H23NO. The number of aryl methyl sites for hydroxylation is 1. The van der Waals surface area contributed by atoms with Crippen molar-refractivity contribution in [2.24, 2.45) is 5.73 Å². The lowest BCUT2D eigenvalue weighted by Crippen LogP contribution is -2.15. The van der Waals surface area contributed by atoms with E-state index in [1.807, 2.05) is 26.0 Å². The summed E-state index contributed by atoms with van der Waals surface area (Å²) < 4.78 is 0. The second kappa shape index (κ2) is 7.00. The maximum absolute atomic E-state index is 11.3. The van der Waals surface area contributed by atoms with Gasteiger partial charge in [-0.2, -0.15) is 0 Å². The summed E-state index contributed by atoms with van der Waals surface area (Å²) in [5.74, 6) is -0.328. The summed E-state index contributed by atoms with van der Waals surface area (Å²) in [6.07, 6.45) is 8.46. The number of carbonyl (C=O) groups is 1. The molecular weight excluding hydrogens is 222 g/mol. The molecule has 2 N–H and O–H groups in total. The minimum Gasteiger partial charge on any atom is -0.366 e. The van der Waals surface area contributed by atoms with Crippen molar-refractivity contribution in [1.29, 1.82) is 0 Å². The van der Waals surface area contributed by atoms with Gasteiger partial charge in [-0.3, -0.25) is 4.79 Å². The van der Waals surface area contributed by atoms with E-state index in [1.54, 1.807) is 0 Å². The Bertz CT molecular complexity index is 447. The first kappa shape index (κ1) is 14.5. The molecule has 1 aromatic carbocycles. The lowest BCUT2D eigenvalue weighted by molar-refractivity contribution is 0.1000. The summed E-state index contributed by atoms with van der Waals surface area (Å²) in [7, 11) is 0. The number of fused-ring (bicyclic) bond motifs is 1. The smallest absolute Gasteiger partial charge is 0.249 e. The number of primary amides is 1. The van der Waals surface area contributed by atoms with Gasteiger partial charge >= 0.3 is 0 Å². The van der Waals surface area contributed by atoms with Gasteiger partial charge in [-0.15, -0.1) is 0 Å². The van der Waals surface area contributed by atoms with Gasteiger partial charge in [-0.05, 0) is 42.0 Å². The normalized spacial score (nSPS) is 12.4. The third-order valence-corrected chi connectivity index (χ3v) is 3.08. The lowest BCUT2D eigenvalue weighted by atomic mass is 9.87. The molecule has 0 radical (unpaired) electrons. The van der Waals surface area contributed by atoms with E-state index < -0.39 is 0 Å². The number of nitrogens with two attached hydrogens (primary N) is 1. The number of benzene rings is 1. The highest BCUT2D eigenvalue weighted by Gasteiger charge is 2.15. The molecule has 2 heteroatoms. The van der Waals surface area contributed by atoms with E-state index in [4.69, 9.17) is 5.73 Å². The quantitative estimate of drug-likeness (QED) is 0.866. The average Bonchev–Trinajstić information content (AvgIpc) is 2.41. The topological polar surface area (TPSA) is 43.1 Å². The van der Waals surface area contributed by atoms with Gasteiger partial charge in [0.05, 0.1) is 0 Å². The molecule has 0 heterocycles. The number of allylic oxidation sites excluding steroid dienone is 1.